The number of hydrogen-bond donors (Lipinski definition) is 1. The molecule has 0 fully saturated rings. The van der Waals surface area contributed by atoms with Gasteiger partial charge in [-0.25, -0.2) is 9.98 Å². The van der Waals surface area contributed by atoms with Crippen molar-refractivity contribution in [3.05, 3.63) is 71.8 Å². The van der Waals surface area contributed by atoms with E-state index in [-0.39, 0.29) is 11.9 Å². The van der Waals surface area contributed by atoms with Crippen molar-refractivity contribution in [1.82, 2.24) is 9.88 Å². The van der Waals surface area contributed by atoms with Crippen LogP contribution in [-0.4, -0.2) is 35.9 Å². The summed E-state index contributed by atoms with van der Waals surface area (Å²) in [6.45, 7) is 0. The number of nitrogens with two attached hydrogens (primary N) is 1. The molecule has 3 aromatic rings. The largest absolute Gasteiger partial charge is 0.497 e. The number of aliphatic imine (C=N–C) groups is 1. The summed E-state index contributed by atoms with van der Waals surface area (Å²) in [5.74, 6) is 0.627. The maximum absolute atomic E-state index is 14.3. The Morgan fingerprint density at radius 3 is 2.67 bits per heavy atom. The SMILES string of the molecule is COc1ccc2c(c1)Oc1ccc(-c3cccnc3F)cc1C21N=C(N)N(C)C1=O. The van der Waals surface area contributed by atoms with Crippen LogP contribution in [0.4, 0.5) is 4.39 Å². The van der Waals surface area contributed by atoms with Crippen LogP contribution in [-0.2, 0) is 10.3 Å². The second kappa shape index (κ2) is 6.28. The molecule has 30 heavy (non-hydrogen) atoms. The summed E-state index contributed by atoms with van der Waals surface area (Å²) in [4.78, 5) is 23.0. The van der Waals surface area contributed by atoms with Gasteiger partial charge in [0.15, 0.2) is 5.96 Å². The van der Waals surface area contributed by atoms with Crippen molar-refractivity contribution in [1.29, 1.82) is 0 Å². The quantitative estimate of drug-likeness (QED) is 0.663. The predicted octanol–water partition coefficient (Wildman–Crippen LogP) is 3.03. The van der Waals surface area contributed by atoms with E-state index < -0.39 is 11.5 Å². The molecule has 1 amide bonds. The summed E-state index contributed by atoms with van der Waals surface area (Å²) in [7, 11) is 3.12. The first-order valence-corrected chi connectivity index (χ1v) is 9.21. The molecule has 2 N–H and O–H groups in total. The summed E-state index contributed by atoms with van der Waals surface area (Å²) >= 11 is 0. The van der Waals surface area contributed by atoms with E-state index in [4.69, 9.17) is 15.2 Å². The van der Waals surface area contributed by atoms with Gasteiger partial charge in [0, 0.05) is 36.0 Å². The number of benzene rings is 2. The van der Waals surface area contributed by atoms with Crippen LogP contribution in [0.1, 0.15) is 11.1 Å². The lowest BCUT2D eigenvalue weighted by molar-refractivity contribution is -0.129. The lowest BCUT2D eigenvalue weighted by atomic mass is 9.79. The minimum atomic E-state index is -1.43. The van der Waals surface area contributed by atoms with E-state index in [2.05, 4.69) is 9.98 Å². The highest BCUT2D eigenvalue weighted by Crippen LogP contribution is 2.53. The number of rotatable bonds is 2. The number of pyridine rings is 1. The molecule has 1 spiro atoms. The first kappa shape index (κ1) is 18.1. The number of likely N-dealkylation sites (N-methyl/N-ethyl adjacent to an activating group) is 1. The van der Waals surface area contributed by atoms with E-state index in [1.54, 1.807) is 62.7 Å². The van der Waals surface area contributed by atoms with Gasteiger partial charge in [0.25, 0.3) is 5.91 Å². The van der Waals surface area contributed by atoms with Crippen LogP contribution in [0.25, 0.3) is 11.1 Å². The Morgan fingerprint density at radius 1 is 1.13 bits per heavy atom. The molecule has 2 aromatic carbocycles. The van der Waals surface area contributed by atoms with E-state index in [0.717, 1.165) is 0 Å². The number of halogens is 1. The number of carbonyl (C=O) groups is 1. The Morgan fingerprint density at radius 2 is 1.97 bits per heavy atom. The van der Waals surface area contributed by atoms with E-state index >= 15 is 0 Å². The van der Waals surface area contributed by atoms with Crippen LogP contribution in [0.3, 0.4) is 0 Å². The first-order chi connectivity index (χ1) is 14.5. The van der Waals surface area contributed by atoms with Gasteiger partial charge in [-0.2, -0.15) is 4.39 Å². The van der Waals surface area contributed by atoms with Crippen molar-refractivity contribution in [3.63, 3.8) is 0 Å². The molecule has 0 saturated carbocycles. The molecule has 1 unspecified atom stereocenters. The molecule has 5 rings (SSSR count). The lowest BCUT2D eigenvalue weighted by Crippen LogP contribution is -2.42. The average molecular weight is 404 g/mol. The number of guanidine groups is 1. The van der Waals surface area contributed by atoms with Gasteiger partial charge >= 0.3 is 0 Å². The predicted molar refractivity (Wildman–Crippen MR) is 108 cm³/mol. The second-order valence-corrected chi connectivity index (χ2v) is 7.06. The van der Waals surface area contributed by atoms with Crippen LogP contribution in [0.2, 0.25) is 0 Å². The molecule has 7 nitrogen and oxygen atoms in total. The normalized spacial score (nSPS) is 19.2. The molecule has 0 aliphatic carbocycles. The fourth-order valence-corrected chi connectivity index (χ4v) is 3.94. The molecule has 150 valence electrons. The van der Waals surface area contributed by atoms with E-state index in [9.17, 15) is 9.18 Å². The number of nitrogens with zero attached hydrogens (tertiary/aromatic N) is 3. The molecule has 0 saturated heterocycles. The monoisotopic (exact) mass is 404 g/mol. The summed E-state index contributed by atoms with van der Waals surface area (Å²) in [6.07, 6.45) is 1.38. The third-order valence-corrected chi connectivity index (χ3v) is 5.48. The summed E-state index contributed by atoms with van der Waals surface area (Å²) in [6, 6.07) is 13.6. The van der Waals surface area contributed by atoms with Crippen molar-refractivity contribution >= 4 is 11.9 Å². The van der Waals surface area contributed by atoms with Gasteiger partial charge in [-0.1, -0.05) is 6.07 Å². The van der Waals surface area contributed by atoms with Crippen molar-refractivity contribution < 1.29 is 18.7 Å². The van der Waals surface area contributed by atoms with Crippen molar-refractivity contribution in [2.75, 3.05) is 14.2 Å². The van der Waals surface area contributed by atoms with Gasteiger partial charge in [0.05, 0.1) is 7.11 Å². The highest BCUT2D eigenvalue weighted by Gasteiger charge is 2.54. The fraction of sp³-hybridized carbons (Fsp3) is 0.136. The third-order valence-electron chi connectivity index (χ3n) is 5.48. The maximum atomic E-state index is 14.3. The Bertz CT molecular complexity index is 1240. The molecular formula is C22H17FN4O3. The highest BCUT2D eigenvalue weighted by atomic mass is 19.1. The van der Waals surface area contributed by atoms with Crippen LogP contribution in [0, 0.1) is 5.95 Å². The lowest BCUT2D eigenvalue weighted by Gasteiger charge is -2.34. The molecular weight excluding hydrogens is 387 g/mol. The van der Waals surface area contributed by atoms with Gasteiger partial charge in [-0.15, -0.1) is 0 Å². The fourth-order valence-electron chi connectivity index (χ4n) is 3.94. The number of methoxy groups -OCH3 is 1. The molecule has 8 heteroatoms. The van der Waals surface area contributed by atoms with Gasteiger partial charge < -0.3 is 15.2 Å². The van der Waals surface area contributed by atoms with Crippen LogP contribution in [0.15, 0.2) is 59.7 Å². The number of amides is 1. The standard InChI is InChI=1S/C22H17FN4O3/c1-27-20(28)22(26-21(27)24)15-7-6-13(29-2)11-18(15)30-17-8-5-12(10-16(17)22)14-4-3-9-25-19(14)23/h3-11H,1-2H3,(H2,24,26). The number of aromatic nitrogens is 1. The summed E-state index contributed by atoms with van der Waals surface area (Å²) in [5.41, 5.74) is 6.50. The van der Waals surface area contributed by atoms with Crippen LogP contribution >= 0.6 is 0 Å². The van der Waals surface area contributed by atoms with Gasteiger partial charge in [0.2, 0.25) is 11.5 Å². The number of ether oxygens (including phenoxy) is 2. The van der Waals surface area contributed by atoms with Crippen molar-refractivity contribution in [3.8, 4) is 28.4 Å². The average Bonchev–Trinajstić information content (AvgIpc) is 2.98. The number of carbonyl (C=O) groups excluding carboxylic acids is 1. The van der Waals surface area contributed by atoms with E-state index in [1.165, 1.54) is 11.1 Å². The Labute approximate surface area is 171 Å². The smallest absolute Gasteiger partial charge is 0.266 e. The minimum absolute atomic E-state index is 0.0904. The minimum Gasteiger partial charge on any atom is -0.497 e. The zero-order valence-electron chi connectivity index (χ0n) is 16.2. The van der Waals surface area contributed by atoms with Crippen LogP contribution in [0.5, 0.6) is 17.2 Å². The third kappa shape index (κ3) is 2.33. The van der Waals surface area contributed by atoms with Gasteiger partial charge in [-0.05, 0) is 42.0 Å². The van der Waals surface area contributed by atoms with Crippen molar-refractivity contribution in [2.45, 2.75) is 5.54 Å². The number of hydrogen-bond acceptors (Lipinski definition) is 6. The maximum Gasteiger partial charge on any atom is 0.266 e. The summed E-state index contributed by atoms with van der Waals surface area (Å²) in [5, 5.41) is 0. The van der Waals surface area contributed by atoms with Gasteiger partial charge in [-0.3, -0.25) is 9.69 Å². The Kier molecular flexibility index (Phi) is 3.79. The molecule has 2 aliphatic heterocycles. The first-order valence-electron chi connectivity index (χ1n) is 9.21. The van der Waals surface area contributed by atoms with Gasteiger partial charge in [0.1, 0.15) is 17.2 Å². The number of fused-ring (bicyclic) bond motifs is 4. The Balaban J connectivity index is 1.79. The van der Waals surface area contributed by atoms with E-state index in [0.29, 0.717) is 39.5 Å². The second-order valence-electron chi connectivity index (χ2n) is 7.06. The summed E-state index contributed by atoms with van der Waals surface area (Å²) < 4.78 is 25.7. The molecule has 0 radical (unpaired) electrons. The van der Waals surface area contributed by atoms with Crippen LogP contribution < -0.4 is 15.2 Å². The van der Waals surface area contributed by atoms with Crippen molar-refractivity contribution in [2.24, 2.45) is 10.7 Å². The molecule has 2 aliphatic rings. The Hall–Kier alpha value is -3.94. The molecule has 1 atom stereocenters. The van der Waals surface area contributed by atoms with E-state index in [1.807, 2.05) is 0 Å². The zero-order valence-corrected chi connectivity index (χ0v) is 16.2. The zero-order chi connectivity index (χ0) is 21.0. The topological polar surface area (TPSA) is 90.0 Å². The molecule has 0 bridgehead atoms. The molecule has 1 aromatic heterocycles. The molecule has 3 heterocycles. The highest BCUT2D eigenvalue weighted by molar-refractivity contribution is 6.10.